The largest absolute Gasteiger partial charge is 0.488 e. The van der Waals surface area contributed by atoms with Gasteiger partial charge in [-0.2, -0.15) is 15.1 Å². The first-order valence-corrected chi connectivity index (χ1v) is 11.3. The second-order valence-electron chi connectivity index (χ2n) is 7.84. The smallest absolute Gasteiger partial charge is 0.320 e. The summed E-state index contributed by atoms with van der Waals surface area (Å²) in [4.78, 5) is 15.2. The summed E-state index contributed by atoms with van der Waals surface area (Å²) >= 11 is 0. The molecule has 34 heavy (non-hydrogen) atoms. The van der Waals surface area contributed by atoms with Crippen LogP contribution >= 0.6 is 0 Å². The van der Waals surface area contributed by atoms with Crippen LogP contribution in [0.2, 0.25) is 0 Å². The summed E-state index contributed by atoms with van der Waals surface area (Å²) in [6.45, 7) is 4.31. The van der Waals surface area contributed by atoms with Gasteiger partial charge in [-0.25, -0.2) is 0 Å². The number of nitrogens with zero attached hydrogens (tertiary/aromatic N) is 5. The lowest BCUT2D eigenvalue weighted by molar-refractivity contribution is 0.122. The number of nitrogens with one attached hydrogen (secondary N) is 2. The number of hydrazone groups is 1. The molecule has 0 spiro atoms. The Morgan fingerprint density at radius 1 is 1.12 bits per heavy atom. The van der Waals surface area contributed by atoms with E-state index in [-0.39, 0.29) is 11.9 Å². The predicted octanol–water partition coefficient (Wildman–Crippen LogP) is 2.77. The average molecular weight is 462 g/mol. The van der Waals surface area contributed by atoms with Gasteiger partial charge < -0.3 is 24.4 Å². The van der Waals surface area contributed by atoms with E-state index in [1.807, 2.05) is 36.5 Å². The van der Waals surface area contributed by atoms with E-state index >= 15 is 0 Å². The minimum absolute atomic E-state index is 0.199. The zero-order chi connectivity index (χ0) is 23.0. The molecule has 1 aromatic carbocycles. The molecular weight excluding hydrogens is 434 g/mol. The number of aromatic nitrogens is 3. The molecular formula is C24H27N7O3. The van der Waals surface area contributed by atoms with E-state index < -0.39 is 0 Å². The highest BCUT2D eigenvalue weighted by atomic mass is 16.5. The number of benzene rings is 1. The first kappa shape index (κ1) is 21.9. The van der Waals surface area contributed by atoms with Gasteiger partial charge in [-0.05, 0) is 23.8 Å². The number of rotatable bonds is 9. The average Bonchev–Trinajstić information content (AvgIpc) is 3.31. The third-order valence-electron chi connectivity index (χ3n) is 5.55. The number of ether oxygens (including phenoxy) is 3. The zero-order valence-corrected chi connectivity index (χ0v) is 18.8. The Labute approximate surface area is 198 Å². The lowest BCUT2D eigenvalue weighted by Crippen LogP contribution is -2.36. The molecule has 0 aliphatic carbocycles. The fourth-order valence-electron chi connectivity index (χ4n) is 3.85. The Bertz CT molecular complexity index is 1110. The van der Waals surface area contributed by atoms with Gasteiger partial charge in [0.1, 0.15) is 24.8 Å². The van der Waals surface area contributed by atoms with Gasteiger partial charge in [0, 0.05) is 49.7 Å². The van der Waals surface area contributed by atoms with Gasteiger partial charge in [0.2, 0.25) is 0 Å². The quantitative estimate of drug-likeness (QED) is 0.283. The van der Waals surface area contributed by atoms with Gasteiger partial charge in [-0.1, -0.05) is 18.2 Å². The van der Waals surface area contributed by atoms with Crippen LogP contribution in [-0.4, -0.2) is 67.2 Å². The molecule has 1 fully saturated rings. The minimum atomic E-state index is 0.199. The monoisotopic (exact) mass is 461 g/mol. The first-order chi connectivity index (χ1) is 16.8. The molecule has 2 aliphatic rings. The van der Waals surface area contributed by atoms with Gasteiger partial charge in [0.15, 0.2) is 5.82 Å². The second-order valence-corrected chi connectivity index (χ2v) is 7.84. The number of para-hydroxylation sites is 1. The molecule has 1 unspecified atom stereocenters. The van der Waals surface area contributed by atoms with Crippen LogP contribution in [0.4, 0.5) is 17.3 Å². The maximum Gasteiger partial charge on any atom is 0.320 e. The molecule has 0 amide bonds. The van der Waals surface area contributed by atoms with E-state index in [9.17, 15) is 0 Å². The van der Waals surface area contributed by atoms with Crippen molar-refractivity contribution in [1.82, 2.24) is 15.0 Å². The molecule has 0 radical (unpaired) electrons. The highest BCUT2D eigenvalue weighted by Gasteiger charge is 2.20. The van der Waals surface area contributed by atoms with Crippen LogP contribution in [0.15, 0.2) is 60.0 Å². The highest BCUT2D eigenvalue weighted by Crippen LogP contribution is 2.29. The third-order valence-corrected chi connectivity index (χ3v) is 5.55. The Kier molecular flexibility index (Phi) is 6.96. The maximum atomic E-state index is 5.80. The molecule has 0 bridgehead atoms. The highest BCUT2D eigenvalue weighted by molar-refractivity contribution is 5.77. The number of hydrogen-bond donors (Lipinski definition) is 2. The molecule has 4 heterocycles. The number of anilines is 3. The Morgan fingerprint density at radius 2 is 2.00 bits per heavy atom. The predicted molar refractivity (Wildman–Crippen MR) is 130 cm³/mol. The van der Waals surface area contributed by atoms with E-state index in [0.717, 1.165) is 31.1 Å². The SMILES string of the molecule is C(=N\Nc1cc(N2CCOCC2)nc(OCCOc2cccnc2)n1)/C1CNc2ccccc21. The van der Waals surface area contributed by atoms with E-state index in [1.54, 1.807) is 12.4 Å². The normalized spacial score (nSPS) is 17.3. The van der Waals surface area contributed by atoms with Crippen molar-refractivity contribution >= 4 is 23.5 Å². The van der Waals surface area contributed by atoms with Crippen LogP contribution in [0.25, 0.3) is 0 Å². The Hall–Kier alpha value is -3.92. The molecule has 5 rings (SSSR count). The van der Waals surface area contributed by atoms with Crippen molar-refractivity contribution in [3.05, 3.63) is 60.4 Å². The summed E-state index contributed by atoms with van der Waals surface area (Å²) < 4.78 is 16.9. The summed E-state index contributed by atoms with van der Waals surface area (Å²) in [7, 11) is 0. The molecule has 2 N–H and O–H groups in total. The summed E-state index contributed by atoms with van der Waals surface area (Å²) in [5.74, 6) is 2.22. The first-order valence-electron chi connectivity index (χ1n) is 11.3. The van der Waals surface area contributed by atoms with Gasteiger partial charge >= 0.3 is 6.01 Å². The molecule has 10 nitrogen and oxygen atoms in total. The minimum Gasteiger partial charge on any atom is -0.488 e. The molecule has 3 aromatic rings. The fourth-order valence-corrected chi connectivity index (χ4v) is 3.85. The second kappa shape index (κ2) is 10.8. The van der Waals surface area contributed by atoms with Gasteiger partial charge in [-0.15, -0.1) is 0 Å². The Balaban J connectivity index is 1.24. The van der Waals surface area contributed by atoms with Crippen LogP contribution in [0, 0.1) is 0 Å². The summed E-state index contributed by atoms with van der Waals surface area (Å²) in [5, 5.41) is 7.85. The van der Waals surface area contributed by atoms with Crippen LogP contribution in [0.1, 0.15) is 11.5 Å². The van der Waals surface area contributed by atoms with E-state index in [0.29, 0.717) is 38.0 Å². The molecule has 2 aliphatic heterocycles. The van der Waals surface area contributed by atoms with Crippen molar-refractivity contribution in [2.24, 2.45) is 5.10 Å². The summed E-state index contributed by atoms with van der Waals surface area (Å²) in [6, 6.07) is 14.1. The van der Waals surface area contributed by atoms with Crippen LogP contribution in [0.5, 0.6) is 11.8 Å². The number of fused-ring (bicyclic) bond motifs is 1. The number of pyridine rings is 1. The molecule has 1 saturated heterocycles. The van der Waals surface area contributed by atoms with Gasteiger partial charge in [-0.3, -0.25) is 10.4 Å². The Morgan fingerprint density at radius 3 is 2.88 bits per heavy atom. The molecule has 10 heteroatoms. The maximum absolute atomic E-state index is 5.80. The van der Waals surface area contributed by atoms with Crippen molar-refractivity contribution < 1.29 is 14.2 Å². The van der Waals surface area contributed by atoms with Crippen molar-refractivity contribution in [2.75, 3.05) is 61.7 Å². The van der Waals surface area contributed by atoms with Crippen LogP contribution < -0.4 is 25.1 Å². The standard InChI is InChI=1S/C24H27N7O3/c1-2-6-21-20(5-1)18(15-26-21)16-27-30-22-14-23(31-8-10-32-11-9-31)29-24(28-22)34-13-12-33-19-4-3-7-25-17-19/h1-7,14,16-18,26H,8-13,15H2,(H,28,29,30)/b27-16+. The third kappa shape index (κ3) is 5.52. The van der Waals surface area contributed by atoms with E-state index in [4.69, 9.17) is 14.2 Å². The lowest BCUT2D eigenvalue weighted by Gasteiger charge is -2.28. The van der Waals surface area contributed by atoms with Crippen LogP contribution in [-0.2, 0) is 4.74 Å². The molecule has 0 saturated carbocycles. The van der Waals surface area contributed by atoms with Gasteiger partial charge in [0.25, 0.3) is 0 Å². The van der Waals surface area contributed by atoms with Crippen molar-refractivity contribution in [3.8, 4) is 11.8 Å². The lowest BCUT2D eigenvalue weighted by atomic mass is 10.0. The van der Waals surface area contributed by atoms with Crippen molar-refractivity contribution in [1.29, 1.82) is 0 Å². The molecule has 1 atom stereocenters. The number of morpholine rings is 1. The topological polar surface area (TPSA) is 106 Å². The van der Waals surface area contributed by atoms with E-state index in [1.165, 1.54) is 5.56 Å². The van der Waals surface area contributed by atoms with Crippen LogP contribution in [0.3, 0.4) is 0 Å². The molecule has 2 aromatic heterocycles. The van der Waals surface area contributed by atoms with Gasteiger partial charge in [0.05, 0.1) is 19.4 Å². The summed E-state index contributed by atoms with van der Waals surface area (Å²) in [6.07, 6.45) is 5.26. The fraction of sp³-hybridized carbons (Fsp3) is 0.333. The summed E-state index contributed by atoms with van der Waals surface area (Å²) in [5.41, 5.74) is 5.44. The number of hydrogen-bond acceptors (Lipinski definition) is 10. The van der Waals surface area contributed by atoms with E-state index in [2.05, 4.69) is 47.8 Å². The van der Waals surface area contributed by atoms with Crippen molar-refractivity contribution in [2.45, 2.75) is 5.92 Å². The zero-order valence-electron chi connectivity index (χ0n) is 18.8. The van der Waals surface area contributed by atoms with Crippen molar-refractivity contribution in [3.63, 3.8) is 0 Å². The molecule has 176 valence electrons.